The summed E-state index contributed by atoms with van der Waals surface area (Å²) in [5.41, 5.74) is -0.280. The zero-order valence-corrected chi connectivity index (χ0v) is 10.8. The molecule has 5 heteroatoms. The quantitative estimate of drug-likeness (QED) is 0.871. The fraction of sp³-hybridized carbons (Fsp3) is 0.533. The maximum Gasteiger partial charge on any atom is 0.407 e. The van der Waals surface area contributed by atoms with E-state index in [0.29, 0.717) is 12.0 Å². The van der Waals surface area contributed by atoms with Crippen LogP contribution in [0.4, 0.5) is 9.18 Å². The van der Waals surface area contributed by atoms with Crippen LogP contribution in [0.3, 0.4) is 0 Å². The number of carbonyl (C=O) groups is 1. The molecule has 1 aliphatic heterocycles. The Bertz CT molecular complexity index is 593. The number of benzene rings is 1. The van der Waals surface area contributed by atoms with E-state index in [1.807, 2.05) is 30.3 Å². The van der Waals surface area contributed by atoms with Crippen LogP contribution in [0.25, 0.3) is 0 Å². The van der Waals surface area contributed by atoms with Gasteiger partial charge in [0.05, 0.1) is 12.1 Å². The van der Waals surface area contributed by atoms with Crippen molar-refractivity contribution < 1.29 is 13.9 Å². The van der Waals surface area contributed by atoms with Crippen LogP contribution in [0.1, 0.15) is 5.56 Å². The second-order valence-corrected chi connectivity index (χ2v) is 6.36. The molecule has 4 aliphatic rings. The van der Waals surface area contributed by atoms with Gasteiger partial charge in [0.15, 0.2) is 5.67 Å². The van der Waals surface area contributed by atoms with Crippen molar-refractivity contribution in [2.24, 2.45) is 17.8 Å². The average molecular weight is 274 g/mol. The predicted molar refractivity (Wildman–Crippen MR) is 68.6 cm³/mol. The lowest BCUT2D eigenvalue weighted by molar-refractivity contribution is 0.114. The van der Waals surface area contributed by atoms with Crippen molar-refractivity contribution in [3.8, 4) is 0 Å². The summed E-state index contributed by atoms with van der Waals surface area (Å²) in [7, 11) is 0. The molecule has 1 heterocycles. The van der Waals surface area contributed by atoms with Crippen molar-refractivity contribution in [2.45, 2.75) is 30.4 Å². The molecule has 0 radical (unpaired) electrons. The van der Waals surface area contributed by atoms with Crippen LogP contribution in [0.15, 0.2) is 30.3 Å². The number of hydrogen-bond acceptors (Lipinski definition) is 3. The molecule has 5 rings (SSSR count). The number of carbonyl (C=O) groups excluding carboxylic acids is 1. The van der Waals surface area contributed by atoms with Gasteiger partial charge in [0.25, 0.3) is 0 Å². The number of alkyl carbamates (subject to hydrolysis) is 1. The molecule has 0 spiro atoms. The van der Waals surface area contributed by atoms with E-state index in [1.54, 1.807) is 0 Å². The third-order valence-corrected chi connectivity index (χ3v) is 5.50. The van der Waals surface area contributed by atoms with E-state index in [2.05, 4.69) is 10.6 Å². The number of halogens is 1. The molecule has 2 N–H and O–H groups in total. The molecular formula is C15H15FN2O2. The van der Waals surface area contributed by atoms with Gasteiger partial charge in [0.1, 0.15) is 6.61 Å². The molecule has 0 bridgehead atoms. The first-order valence-corrected chi connectivity index (χ1v) is 7.13. The number of hydrogen-bond donors (Lipinski definition) is 2. The molecule has 1 saturated heterocycles. The monoisotopic (exact) mass is 274 g/mol. The highest BCUT2D eigenvalue weighted by molar-refractivity contribution is 5.69. The van der Waals surface area contributed by atoms with Gasteiger partial charge in [-0.25, -0.2) is 9.18 Å². The van der Waals surface area contributed by atoms with Gasteiger partial charge in [0.2, 0.25) is 0 Å². The third-order valence-electron chi connectivity index (χ3n) is 5.50. The summed E-state index contributed by atoms with van der Waals surface area (Å²) >= 11 is 0. The van der Waals surface area contributed by atoms with Gasteiger partial charge >= 0.3 is 6.09 Å². The molecule has 7 atom stereocenters. The lowest BCUT2D eigenvalue weighted by atomic mass is 10.0. The Hall–Kier alpha value is -1.62. The molecule has 4 unspecified atom stereocenters. The zero-order valence-electron chi connectivity index (χ0n) is 10.8. The molecule has 1 aromatic carbocycles. The van der Waals surface area contributed by atoms with Crippen LogP contribution in [0, 0.1) is 17.8 Å². The molecule has 3 saturated carbocycles. The van der Waals surface area contributed by atoms with Crippen molar-refractivity contribution >= 4 is 6.09 Å². The van der Waals surface area contributed by atoms with Crippen molar-refractivity contribution in [3.05, 3.63) is 35.9 Å². The van der Waals surface area contributed by atoms with Crippen molar-refractivity contribution in [2.75, 3.05) is 0 Å². The minimum Gasteiger partial charge on any atom is -0.445 e. The Labute approximate surface area is 115 Å². The maximum atomic E-state index is 14.7. The average Bonchev–Trinajstić information content (AvgIpc) is 3.22. The van der Waals surface area contributed by atoms with Gasteiger partial charge in [-0.05, 0) is 11.5 Å². The summed E-state index contributed by atoms with van der Waals surface area (Å²) in [4.78, 5) is 11.8. The summed E-state index contributed by atoms with van der Waals surface area (Å²) < 4.78 is 19.8. The van der Waals surface area contributed by atoms with Crippen LogP contribution < -0.4 is 10.6 Å². The zero-order chi connectivity index (χ0) is 13.5. The minimum absolute atomic E-state index is 0.0260. The van der Waals surface area contributed by atoms with E-state index in [9.17, 15) is 9.18 Å². The van der Waals surface area contributed by atoms with Crippen LogP contribution in [0.2, 0.25) is 0 Å². The molecular weight excluding hydrogens is 259 g/mol. The van der Waals surface area contributed by atoms with Crippen LogP contribution >= 0.6 is 0 Å². The minimum atomic E-state index is -1.21. The van der Waals surface area contributed by atoms with Gasteiger partial charge in [-0.15, -0.1) is 0 Å². The molecule has 4 fully saturated rings. The number of piperidine rings is 3. The number of ether oxygens (including phenoxy) is 1. The normalized spacial score (nSPS) is 48.6. The maximum absolute atomic E-state index is 14.7. The van der Waals surface area contributed by atoms with E-state index < -0.39 is 11.8 Å². The first-order valence-electron chi connectivity index (χ1n) is 7.13. The number of fused-ring (bicyclic) bond motifs is 2. The Morgan fingerprint density at radius 2 is 2.15 bits per heavy atom. The van der Waals surface area contributed by atoms with Crippen LogP contribution in [-0.4, -0.2) is 29.9 Å². The van der Waals surface area contributed by atoms with E-state index in [0.717, 1.165) is 5.56 Å². The fourth-order valence-electron chi connectivity index (χ4n) is 4.63. The number of nitrogens with one attached hydrogen (secondary N) is 2. The molecule has 20 heavy (non-hydrogen) atoms. The topological polar surface area (TPSA) is 50.4 Å². The fourth-order valence-corrected chi connectivity index (χ4v) is 4.63. The lowest BCUT2D eigenvalue weighted by Crippen LogP contribution is -2.52. The van der Waals surface area contributed by atoms with Gasteiger partial charge < -0.3 is 15.4 Å². The van der Waals surface area contributed by atoms with Gasteiger partial charge in [-0.2, -0.15) is 0 Å². The standard InChI is InChI=1S/C15H15FN2O2/c16-15-10-8-9(11(8)17-13(10)15)12(15)18-14(19)20-6-7-4-2-1-3-5-7/h1-5,8-13,17H,6H2,(H,18,19)/t8?,9?,10?,11-,12+,13-,15?/m0/s1. The highest BCUT2D eigenvalue weighted by Gasteiger charge is 2.93. The van der Waals surface area contributed by atoms with E-state index in [-0.39, 0.29) is 30.5 Å². The van der Waals surface area contributed by atoms with Gasteiger partial charge in [-0.1, -0.05) is 30.3 Å². The first kappa shape index (κ1) is 11.1. The molecule has 3 aliphatic carbocycles. The van der Waals surface area contributed by atoms with Gasteiger partial charge in [-0.3, -0.25) is 0 Å². The van der Waals surface area contributed by atoms with E-state index in [1.165, 1.54) is 0 Å². The van der Waals surface area contributed by atoms with E-state index >= 15 is 0 Å². The Morgan fingerprint density at radius 3 is 2.80 bits per heavy atom. The molecule has 1 aromatic rings. The van der Waals surface area contributed by atoms with Crippen LogP contribution in [-0.2, 0) is 11.3 Å². The third kappa shape index (κ3) is 1.18. The van der Waals surface area contributed by atoms with E-state index in [4.69, 9.17) is 4.74 Å². The molecule has 4 nitrogen and oxygen atoms in total. The highest BCUT2D eigenvalue weighted by Crippen LogP contribution is 2.78. The molecule has 1 amide bonds. The second kappa shape index (κ2) is 3.34. The number of amides is 1. The highest BCUT2D eigenvalue weighted by atomic mass is 19.1. The summed E-state index contributed by atoms with van der Waals surface area (Å²) in [6.45, 7) is 0.224. The summed E-state index contributed by atoms with van der Waals surface area (Å²) in [5.74, 6) is 0.862. The second-order valence-electron chi connectivity index (χ2n) is 6.36. The van der Waals surface area contributed by atoms with Crippen molar-refractivity contribution in [1.82, 2.24) is 10.6 Å². The number of rotatable bonds is 3. The lowest BCUT2D eigenvalue weighted by Gasteiger charge is -2.26. The summed E-state index contributed by atoms with van der Waals surface area (Å²) in [5, 5.41) is 6.06. The molecule has 0 aromatic heterocycles. The Kier molecular flexibility index (Phi) is 1.85. The molecule has 104 valence electrons. The predicted octanol–water partition coefficient (Wildman–Crippen LogP) is 1.22. The summed E-state index contributed by atoms with van der Waals surface area (Å²) in [6, 6.07) is 9.55. The van der Waals surface area contributed by atoms with Crippen LogP contribution in [0.5, 0.6) is 0 Å². The van der Waals surface area contributed by atoms with Gasteiger partial charge in [0, 0.05) is 17.9 Å². The summed E-state index contributed by atoms with van der Waals surface area (Å²) in [6.07, 6.45) is -0.506. The number of alkyl halides is 1. The largest absolute Gasteiger partial charge is 0.445 e. The Balaban J connectivity index is 1.22. The Morgan fingerprint density at radius 1 is 1.35 bits per heavy atom. The van der Waals surface area contributed by atoms with Crippen molar-refractivity contribution in [1.29, 1.82) is 0 Å². The first-order chi connectivity index (χ1) is 9.71. The van der Waals surface area contributed by atoms with Crippen molar-refractivity contribution in [3.63, 3.8) is 0 Å². The SMILES string of the molecule is O=C(N[C@@H]1C2C3C4[C@H](N[C@@H]32)C41F)OCc1ccccc1. The smallest absolute Gasteiger partial charge is 0.407 e.